The molecule has 0 fully saturated rings. The van der Waals surface area contributed by atoms with E-state index in [1.807, 2.05) is 50.2 Å². The van der Waals surface area contributed by atoms with Gasteiger partial charge in [-0.1, -0.05) is 17.7 Å². The lowest BCUT2D eigenvalue weighted by Crippen LogP contribution is -2.09. The van der Waals surface area contributed by atoms with Crippen LogP contribution in [0.15, 0.2) is 42.5 Å². The van der Waals surface area contributed by atoms with Crippen LogP contribution in [0.5, 0.6) is 0 Å². The molecule has 1 N–H and O–H groups in total. The van der Waals surface area contributed by atoms with E-state index in [1.54, 1.807) is 12.1 Å². The van der Waals surface area contributed by atoms with Crippen LogP contribution in [0.2, 0.25) is 5.02 Å². The fraction of sp³-hybridized carbons (Fsp3) is 0.250. The molecule has 0 aromatic heterocycles. The van der Waals surface area contributed by atoms with E-state index in [-0.39, 0.29) is 11.1 Å². The molecule has 0 saturated carbocycles. The van der Waals surface area contributed by atoms with Gasteiger partial charge in [0.1, 0.15) is 5.82 Å². The number of anilines is 2. The Hall–Kier alpha value is -1.74. The van der Waals surface area contributed by atoms with Crippen LogP contribution in [0, 0.1) is 5.82 Å². The number of benzene rings is 2. The second-order valence-electron chi connectivity index (χ2n) is 4.98. The van der Waals surface area contributed by atoms with Gasteiger partial charge in [0.25, 0.3) is 0 Å². The van der Waals surface area contributed by atoms with Crippen molar-refractivity contribution >= 4 is 23.0 Å². The largest absolute Gasteiger partial charge is 0.379 e. The van der Waals surface area contributed by atoms with Crippen LogP contribution in [-0.4, -0.2) is 14.1 Å². The molecule has 0 bridgehead atoms. The molecule has 1 atom stereocenters. The minimum Gasteiger partial charge on any atom is -0.379 e. The molecule has 20 heavy (non-hydrogen) atoms. The highest BCUT2D eigenvalue weighted by molar-refractivity contribution is 6.30. The Labute approximate surface area is 124 Å². The van der Waals surface area contributed by atoms with Crippen molar-refractivity contribution in [1.82, 2.24) is 0 Å². The second kappa shape index (κ2) is 6.14. The first-order valence-corrected chi connectivity index (χ1v) is 6.84. The molecule has 0 aliphatic heterocycles. The summed E-state index contributed by atoms with van der Waals surface area (Å²) >= 11 is 5.81. The van der Waals surface area contributed by atoms with E-state index in [9.17, 15) is 4.39 Å². The van der Waals surface area contributed by atoms with E-state index in [1.165, 1.54) is 6.07 Å². The average Bonchev–Trinajstić information content (AvgIpc) is 2.42. The van der Waals surface area contributed by atoms with Gasteiger partial charge in [0.05, 0.1) is 5.02 Å². The van der Waals surface area contributed by atoms with Gasteiger partial charge in [0.2, 0.25) is 0 Å². The molecule has 4 heteroatoms. The zero-order valence-corrected chi connectivity index (χ0v) is 12.6. The van der Waals surface area contributed by atoms with Crippen molar-refractivity contribution in [1.29, 1.82) is 0 Å². The smallest absolute Gasteiger partial charge is 0.141 e. The Morgan fingerprint density at radius 1 is 1.10 bits per heavy atom. The van der Waals surface area contributed by atoms with Crippen LogP contribution >= 0.6 is 11.6 Å². The molecule has 0 aliphatic carbocycles. The molecule has 2 nitrogen and oxygen atoms in total. The fourth-order valence-electron chi connectivity index (χ4n) is 1.97. The van der Waals surface area contributed by atoms with Gasteiger partial charge in [-0.25, -0.2) is 4.39 Å². The van der Waals surface area contributed by atoms with Gasteiger partial charge in [-0.3, -0.25) is 0 Å². The van der Waals surface area contributed by atoms with Gasteiger partial charge < -0.3 is 10.2 Å². The molecular formula is C16H18ClFN2. The van der Waals surface area contributed by atoms with Crippen LogP contribution in [-0.2, 0) is 0 Å². The predicted molar refractivity (Wildman–Crippen MR) is 84.2 cm³/mol. The van der Waals surface area contributed by atoms with Gasteiger partial charge in [-0.05, 0) is 48.9 Å². The highest BCUT2D eigenvalue weighted by Crippen LogP contribution is 2.24. The summed E-state index contributed by atoms with van der Waals surface area (Å²) in [5.74, 6) is -0.391. The molecule has 2 aromatic rings. The zero-order chi connectivity index (χ0) is 14.7. The first-order chi connectivity index (χ1) is 9.47. The number of nitrogens with one attached hydrogen (secondary N) is 1. The lowest BCUT2D eigenvalue weighted by molar-refractivity contribution is 0.627. The van der Waals surface area contributed by atoms with Crippen LogP contribution in [0.4, 0.5) is 15.8 Å². The van der Waals surface area contributed by atoms with Gasteiger partial charge in [0, 0.05) is 31.5 Å². The SMILES string of the molecule is CC(Nc1ccc(N(C)C)cc1)c1ccc(F)c(Cl)c1. The quantitative estimate of drug-likeness (QED) is 0.877. The summed E-state index contributed by atoms with van der Waals surface area (Å²) in [6.07, 6.45) is 0. The molecule has 0 radical (unpaired) electrons. The normalized spacial score (nSPS) is 12.1. The summed E-state index contributed by atoms with van der Waals surface area (Å²) in [6, 6.07) is 13.0. The second-order valence-corrected chi connectivity index (χ2v) is 5.39. The first-order valence-electron chi connectivity index (χ1n) is 6.46. The van der Waals surface area contributed by atoms with Gasteiger partial charge in [0.15, 0.2) is 0 Å². The van der Waals surface area contributed by atoms with Crippen molar-refractivity contribution in [3.8, 4) is 0 Å². The van der Waals surface area contributed by atoms with Crippen LogP contribution in [0.25, 0.3) is 0 Å². The van der Waals surface area contributed by atoms with Crippen LogP contribution in [0.1, 0.15) is 18.5 Å². The summed E-state index contributed by atoms with van der Waals surface area (Å²) in [5.41, 5.74) is 3.12. The maximum atomic E-state index is 13.2. The Morgan fingerprint density at radius 3 is 2.30 bits per heavy atom. The number of nitrogens with zero attached hydrogens (tertiary/aromatic N) is 1. The van der Waals surface area contributed by atoms with Gasteiger partial charge in [-0.2, -0.15) is 0 Å². The molecular weight excluding hydrogens is 275 g/mol. The maximum Gasteiger partial charge on any atom is 0.141 e. The molecule has 0 heterocycles. The minimum atomic E-state index is -0.391. The molecule has 0 amide bonds. The summed E-state index contributed by atoms with van der Waals surface area (Å²) in [5, 5.41) is 3.52. The lowest BCUT2D eigenvalue weighted by atomic mass is 10.1. The van der Waals surface area contributed by atoms with E-state index in [2.05, 4.69) is 5.32 Å². The monoisotopic (exact) mass is 292 g/mol. The van der Waals surface area contributed by atoms with Gasteiger partial charge >= 0.3 is 0 Å². The van der Waals surface area contributed by atoms with Crippen molar-refractivity contribution < 1.29 is 4.39 Å². The summed E-state index contributed by atoms with van der Waals surface area (Å²) in [6.45, 7) is 2.02. The standard InChI is InChI=1S/C16H18ClFN2/c1-11(12-4-9-16(18)15(17)10-12)19-13-5-7-14(8-6-13)20(2)3/h4-11,19H,1-3H3. The average molecular weight is 293 g/mol. The number of hydrogen-bond donors (Lipinski definition) is 1. The first kappa shape index (κ1) is 14.7. The van der Waals surface area contributed by atoms with Crippen molar-refractivity contribution in [2.24, 2.45) is 0 Å². The van der Waals surface area contributed by atoms with Crippen molar-refractivity contribution in [2.75, 3.05) is 24.3 Å². The Balaban J connectivity index is 2.10. The lowest BCUT2D eigenvalue weighted by Gasteiger charge is -2.18. The van der Waals surface area contributed by atoms with E-state index in [0.29, 0.717) is 0 Å². The number of halogens is 2. The summed E-state index contributed by atoms with van der Waals surface area (Å²) < 4.78 is 13.2. The molecule has 0 saturated heterocycles. The van der Waals surface area contributed by atoms with Crippen molar-refractivity contribution in [2.45, 2.75) is 13.0 Å². The molecule has 2 aromatic carbocycles. The van der Waals surface area contributed by atoms with E-state index in [0.717, 1.165) is 16.9 Å². The maximum absolute atomic E-state index is 13.2. The minimum absolute atomic E-state index is 0.0540. The Kier molecular flexibility index (Phi) is 4.50. The van der Waals surface area contributed by atoms with Crippen LogP contribution in [0.3, 0.4) is 0 Å². The highest BCUT2D eigenvalue weighted by atomic mass is 35.5. The third kappa shape index (κ3) is 3.42. The fourth-order valence-corrected chi connectivity index (χ4v) is 2.16. The summed E-state index contributed by atoms with van der Waals surface area (Å²) in [7, 11) is 4.01. The third-order valence-corrected chi connectivity index (χ3v) is 3.50. The third-order valence-electron chi connectivity index (χ3n) is 3.21. The number of hydrogen-bond acceptors (Lipinski definition) is 2. The Morgan fingerprint density at radius 2 is 1.75 bits per heavy atom. The van der Waals surface area contributed by atoms with Gasteiger partial charge in [-0.15, -0.1) is 0 Å². The summed E-state index contributed by atoms with van der Waals surface area (Å²) in [4.78, 5) is 2.05. The zero-order valence-electron chi connectivity index (χ0n) is 11.8. The van der Waals surface area contributed by atoms with E-state index in [4.69, 9.17) is 11.6 Å². The predicted octanol–water partition coefficient (Wildman–Crippen LogP) is 4.72. The molecule has 0 spiro atoms. The topological polar surface area (TPSA) is 15.3 Å². The van der Waals surface area contributed by atoms with Crippen LogP contribution < -0.4 is 10.2 Å². The molecule has 1 unspecified atom stereocenters. The van der Waals surface area contributed by atoms with Crippen molar-refractivity contribution in [3.63, 3.8) is 0 Å². The molecule has 2 rings (SSSR count). The van der Waals surface area contributed by atoms with E-state index < -0.39 is 5.82 Å². The number of rotatable bonds is 4. The molecule has 106 valence electrons. The highest BCUT2D eigenvalue weighted by Gasteiger charge is 2.08. The Bertz CT molecular complexity index is 582. The van der Waals surface area contributed by atoms with Crippen molar-refractivity contribution in [3.05, 3.63) is 58.9 Å². The molecule has 0 aliphatic rings. The van der Waals surface area contributed by atoms with E-state index >= 15 is 0 Å².